The molecular formula is C16H21N. The summed E-state index contributed by atoms with van der Waals surface area (Å²) in [6.45, 7) is 14.2. The third-order valence-corrected chi connectivity index (χ3v) is 3.30. The highest BCUT2D eigenvalue weighted by Gasteiger charge is 2.24. The van der Waals surface area contributed by atoms with Crippen molar-refractivity contribution in [2.24, 2.45) is 5.41 Å². The molecule has 0 fully saturated rings. The molecule has 0 aliphatic heterocycles. The number of hydrogen-bond donors (Lipinski definition) is 1. The first kappa shape index (κ1) is 13.4. The smallest absolute Gasteiger partial charge is 0.0267 e. The summed E-state index contributed by atoms with van der Waals surface area (Å²) in [4.78, 5) is 0. The lowest BCUT2D eigenvalue weighted by molar-refractivity contribution is 0.635. The molecule has 0 atom stereocenters. The first-order chi connectivity index (χ1) is 7.89. The van der Waals surface area contributed by atoms with Crippen molar-refractivity contribution >= 4 is 18.4 Å². The van der Waals surface area contributed by atoms with E-state index < -0.39 is 0 Å². The summed E-state index contributed by atoms with van der Waals surface area (Å²) in [5, 5.41) is 10.1. The summed E-state index contributed by atoms with van der Waals surface area (Å²) >= 11 is 0. The monoisotopic (exact) mass is 227 g/mol. The Labute approximate surface area is 104 Å². The number of allylic oxidation sites excluding steroid dienone is 1. The lowest BCUT2D eigenvalue weighted by Gasteiger charge is -2.26. The van der Waals surface area contributed by atoms with Gasteiger partial charge < -0.3 is 5.41 Å². The van der Waals surface area contributed by atoms with Crippen LogP contribution in [-0.4, -0.2) is 5.71 Å². The standard InChI is InChI=1S/C16H21N/c1-6-15(17)16(4,5)13(3)11-14-10-8-7-9-12(14)2/h7-11,17H,2-3,6H2,1,4-5H3/b14-11-,17-15?. The Hall–Kier alpha value is -1.63. The van der Waals surface area contributed by atoms with Gasteiger partial charge in [0.25, 0.3) is 0 Å². The Bertz CT molecular complexity index is 535. The zero-order valence-electron chi connectivity index (χ0n) is 11.0. The van der Waals surface area contributed by atoms with Crippen LogP contribution in [0.15, 0.2) is 36.4 Å². The quantitative estimate of drug-likeness (QED) is 0.765. The van der Waals surface area contributed by atoms with Crippen LogP contribution in [0.4, 0.5) is 0 Å². The molecule has 0 aromatic heterocycles. The van der Waals surface area contributed by atoms with Crippen LogP contribution in [0.3, 0.4) is 0 Å². The number of hydrogen-bond acceptors (Lipinski definition) is 1. The van der Waals surface area contributed by atoms with Gasteiger partial charge in [0.15, 0.2) is 0 Å². The van der Waals surface area contributed by atoms with Crippen LogP contribution in [0, 0.1) is 10.8 Å². The SMILES string of the molecule is C=C(/C=c1/ccccc1=C)C(C)(C)C(=N)CC. The molecule has 0 unspecified atom stereocenters. The fraction of sp³-hybridized carbons (Fsp3) is 0.312. The zero-order valence-corrected chi connectivity index (χ0v) is 11.0. The van der Waals surface area contributed by atoms with Crippen molar-refractivity contribution in [2.75, 3.05) is 0 Å². The summed E-state index contributed by atoms with van der Waals surface area (Å²) in [5.41, 5.74) is 1.39. The maximum absolute atomic E-state index is 7.99. The van der Waals surface area contributed by atoms with E-state index in [0.29, 0.717) is 5.71 Å². The van der Waals surface area contributed by atoms with Crippen molar-refractivity contribution in [3.8, 4) is 0 Å². The molecule has 1 nitrogen and oxygen atoms in total. The lowest BCUT2D eigenvalue weighted by Crippen LogP contribution is -2.28. The van der Waals surface area contributed by atoms with Crippen molar-refractivity contribution in [1.29, 1.82) is 5.41 Å². The second-order valence-corrected chi connectivity index (χ2v) is 4.83. The van der Waals surface area contributed by atoms with Crippen LogP contribution in [0.5, 0.6) is 0 Å². The average Bonchev–Trinajstić information content (AvgIpc) is 2.30. The molecule has 1 rings (SSSR count). The normalized spacial score (nSPS) is 12.5. The number of rotatable bonds is 4. The van der Waals surface area contributed by atoms with E-state index in [-0.39, 0.29) is 5.41 Å². The van der Waals surface area contributed by atoms with Crippen molar-refractivity contribution in [1.82, 2.24) is 0 Å². The van der Waals surface area contributed by atoms with Gasteiger partial charge in [-0.2, -0.15) is 0 Å². The molecule has 0 spiro atoms. The van der Waals surface area contributed by atoms with Gasteiger partial charge in [-0.15, -0.1) is 0 Å². The molecule has 0 aliphatic carbocycles. The van der Waals surface area contributed by atoms with Crippen molar-refractivity contribution in [2.45, 2.75) is 27.2 Å². The first-order valence-corrected chi connectivity index (χ1v) is 5.92. The Morgan fingerprint density at radius 2 is 1.94 bits per heavy atom. The van der Waals surface area contributed by atoms with Crippen molar-refractivity contribution in [3.63, 3.8) is 0 Å². The first-order valence-electron chi connectivity index (χ1n) is 5.92. The highest BCUT2D eigenvalue weighted by Crippen LogP contribution is 2.28. The maximum Gasteiger partial charge on any atom is 0.0267 e. The topological polar surface area (TPSA) is 23.9 Å². The Balaban J connectivity index is 3.18. The highest BCUT2D eigenvalue weighted by molar-refractivity contribution is 5.91. The molecule has 1 N–H and O–H groups in total. The Kier molecular flexibility index (Phi) is 4.06. The van der Waals surface area contributed by atoms with Crippen LogP contribution in [-0.2, 0) is 0 Å². The number of nitrogens with one attached hydrogen (secondary N) is 1. The van der Waals surface area contributed by atoms with Crippen molar-refractivity contribution in [3.05, 3.63) is 46.9 Å². The molecule has 0 heterocycles. The molecule has 0 saturated carbocycles. The van der Waals surface area contributed by atoms with Gasteiger partial charge in [0.2, 0.25) is 0 Å². The van der Waals surface area contributed by atoms with E-state index in [1.165, 1.54) is 0 Å². The van der Waals surface area contributed by atoms with Crippen LogP contribution in [0.2, 0.25) is 0 Å². The second-order valence-electron chi connectivity index (χ2n) is 4.83. The molecule has 17 heavy (non-hydrogen) atoms. The molecule has 0 aliphatic rings. The fourth-order valence-electron chi connectivity index (χ4n) is 1.68. The zero-order chi connectivity index (χ0) is 13.1. The molecule has 0 radical (unpaired) electrons. The van der Waals surface area contributed by atoms with E-state index >= 15 is 0 Å². The van der Waals surface area contributed by atoms with E-state index in [1.807, 2.05) is 51.1 Å². The lowest BCUT2D eigenvalue weighted by atomic mass is 9.79. The van der Waals surface area contributed by atoms with E-state index in [9.17, 15) is 0 Å². The summed E-state index contributed by atoms with van der Waals surface area (Å²) in [6.07, 6.45) is 2.79. The van der Waals surface area contributed by atoms with Gasteiger partial charge in [-0.25, -0.2) is 0 Å². The second kappa shape index (κ2) is 5.13. The molecule has 90 valence electrons. The molecule has 0 saturated heterocycles. The molecule has 1 heteroatoms. The third kappa shape index (κ3) is 2.94. The minimum Gasteiger partial charge on any atom is -0.309 e. The molecular weight excluding hydrogens is 206 g/mol. The molecule has 1 aromatic carbocycles. The van der Waals surface area contributed by atoms with Gasteiger partial charge in [-0.3, -0.25) is 0 Å². The van der Waals surface area contributed by atoms with Crippen LogP contribution in [0.1, 0.15) is 27.2 Å². The largest absolute Gasteiger partial charge is 0.309 e. The van der Waals surface area contributed by atoms with E-state index in [1.54, 1.807) is 0 Å². The highest BCUT2D eigenvalue weighted by atomic mass is 14.5. The minimum absolute atomic E-state index is 0.281. The van der Waals surface area contributed by atoms with Crippen molar-refractivity contribution < 1.29 is 0 Å². The van der Waals surface area contributed by atoms with Gasteiger partial charge in [0.1, 0.15) is 0 Å². The van der Waals surface area contributed by atoms with Gasteiger partial charge in [0, 0.05) is 11.1 Å². The van der Waals surface area contributed by atoms with E-state index in [2.05, 4.69) is 13.2 Å². The summed E-state index contributed by atoms with van der Waals surface area (Å²) in [7, 11) is 0. The van der Waals surface area contributed by atoms with Crippen LogP contribution in [0.25, 0.3) is 12.7 Å². The Morgan fingerprint density at radius 1 is 1.35 bits per heavy atom. The van der Waals surface area contributed by atoms with Crippen LogP contribution >= 0.6 is 0 Å². The van der Waals surface area contributed by atoms with E-state index in [4.69, 9.17) is 5.41 Å². The minimum atomic E-state index is -0.281. The summed E-state index contributed by atoms with van der Waals surface area (Å²) < 4.78 is 0. The molecule has 0 amide bonds. The van der Waals surface area contributed by atoms with Gasteiger partial charge in [0.05, 0.1) is 0 Å². The van der Waals surface area contributed by atoms with Gasteiger partial charge in [-0.1, -0.05) is 64.3 Å². The summed E-state index contributed by atoms with van der Waals surface area (Å²) in [6, 6.07) is 7.98. The predicted molar refractivity (Wildman–Crippen MR) is 76.6 cm³/mol. The molecule has 1 aromatic rings. The number of benzene rings is 1. The third-order valence-electron chi connectivity index (χ3n) is 3.30. The summed E-state index contributed by atoms with van der Waals surface area (Å²) in [5.74, 6) is 0. The van der Waals surface area contributed by atoms with E-state index in [0.717, 1.165) is 22.4 Å². The average molecular weight is 227 g/mol. The van der Waals surface area contributed by atoms with Gasteiger partial charge in [-0.05, 0) is 22.4 Å². The van der Waals surface area contributed by atoms with Crippen LogP contribution < -0.4 is 10.4 Å². The molecule has 0 bridgehead atoms. The Morgan fingerprint density at radius 3 is 2.47 bits per heavy atom. The predicted octanol–water partition coefficient (Wildman–Crippen LogP) is 2.89. The fourth-order valence-corrected chi connectivity index (χ4v) is 1.68. The maximum atomic E-state index is 7.99. The van der Waals surface area contributed by atoms with Gasteiger partial charge >= 0.3 is 0 Å².